The number of nitrogens with one attached hydrogen (secondary N) is 2. The summed E-state index contributed by atoms with van der Waals surface area (Å²) in [7, 11) is 0. The number of nitrogens with zero attached hydrogens (tertiary/aromatic N) is 1. The average molecular weight is 308 g/mol. The van der Waals surface area contributed by atoms with Gasteiger partial charge in [0.05, 0.1) is 12.8 Å². The lowest BCUT2D eigenvalue weighted by Gasteiger charge is -2.31. The summed E-state index contributed by atoms with van der Waals surface area (Å²) in [6.45, 7) is 3.27. The lowest BCUT2D eigenvalue weighted by atomic mass is 10.0. The van der Waals surface area contributed by atoms with Gasteiger partial charge in [-0.1, -0.05) is 0 Å². The Kier molecular flexibility index (Phi) is 5.16. The van der Waals surface area contributed by atoms with E-state index in [1.807, 2.05) is 17.1 Å². The molecular formula is C14H20N4O4. The van der Waals surface area contributed by atoms with Crippen LogP contribution in [0.1, 0.15) is 29.0 Å². The van der Waals surface area contributed by atoms with Crippen LogP contribution in [0, 0.1) is 6.92 Å². The number of piperidine rings is 1. The van der Waals surface area contributed by atoms with E-state index >= 15 is 0 Å². The lowest BCUT2D eigenvalue weighted by molar-refractivity contribution is -0.121. The summed E-state index contributed by atoms with van der Waals surface area (Å²) >= 11 is 0. The topological polar surface area (TPSA) is 118 Å². The minimum Gasteiger partial charge on any atom is -0.459 e. The van der Waals surface area contributed by atoms with Crippen LogP contribution in [-0.4, -0.2) is 48.4 Å². The zero-order chi connectivity index (χ0) is 16.1. The number of imide groups is 1. The van der Waals surface area contributed by atoms with Crippen molar-refractivity contribution < 1.29 is 18.8 Å². The smallest absolute Gasteiger partial charge is 0.318 e. The Hall–Kier alpha value is -2.35. The van der Waals surface area contributed by atoms with Crippen LogP contribution in [0.25, 0.3) is 0 Å². The highest BCUT2D eigenvalue weighted by Crippen LogP contribution is 2.13. The average Bonchev–Trinajstić information content (AvgIpc) is 2.86. The number of hydrogen-bond donors (Lipinski definition) is 3. The first-order chi connectivity index (χ1) is 10.5. The van der Waals surface area contributed by atoms with Crippen molar-refractivity contribution in [2.75, 3.05) is 19.6 Å². The Balaban J connectivity index is 1.75. The van der Waals surface area contributed by atoms with Crippen LogP contribution in [0.15, 0.2) is 16.7 Å². The van der Waals surface area contributed by atoms with E-state index in [1.165, 1.54) is 6.26 Å². The Bertz CT molecular complexity index is 561. The molecule has 0 saturated carbocycles. The van der Waals surface area contributed by atoms with E-state index in [0.29, 0.717) is 18.8 Å². The number of aryl methyl sites for hydroxylation is 1. The summed E-state index contributed by atoms with van der Waals surface area (Å²) in [6, 6.07) is 0.947. The fraction of sp³-hybridized carbons (Fsp3) is 0.500. The predicted octanol–water partition coefficient (Wildman–Crippen LogP) is -0.0229. The van der Waals surface area contributed by atoms with Crippen molar-refractivity contribution in [1.82, 2.24) is 15.5 Å². The predicted molar refractivity (Wildman–Crippen MR) is 78.1 cm³/mol. The van der Waals surface area contributed by atoms with E-state index in [2.05, 4.69) is 5.32 Å². The lowest BCUT2D eigenvalue weighted by Crippen LogP contribution is -2.48. The molecule has 1 saturated heterocycles. The zero-order valence-electron chi connectivity index (χ0n) is 12.4. The normalized spacial score (nSPS) is 16.2. The van der Waals surface area contributed by atoms with Gasteiger partial charge in [-0.25, -0.2) is 4.79 Å². The van der Waals surface area contributed by atoms with Crippen LogP contribution in [0.2, 0.25) is 0 Å². The minimum atomic E-state index is -0.846. The molecule has 1 aliphatic heterocycles. The van der Waals surface area contributed by atoms with Crippen molar-refractivity contribution in [3.63, 3.8) is 0 Å². The second kappa shape index (κ2) is 7.08. The highest BCUT2D eigenvalue weighted by Gasteiger charge is 2.24. The summed E-state index contributed by atoms with van der Waals surface area (Å²) in [6.07, 6.45) is 2.95. The maximum absolute atomic E-state index is 12.0. The Morgan fingerprint density at radius 3 is 2.59 bits per heavy atom. The van der Waals surface area contributed by atoms with Gasteiger partial charge >= 0.3 is 6.03 Å². The molecule has 0 aromatic carbocycles. The van der Waals surface area contributed by atoms with Gasteiger partial charge in [-0.15, -0.1) is 0 Å². The van der Waals surface area contributed by atoms with E-state index in [1.54, 1.807) is 6.07 Å². The SMILES string of the molecule is Cc1ccoc1C(=O)NC1CCN(CC(=O)NC(N)=O)CC1. The molecule has 0 bridgehead atoms. The molecule has 1 aromatic heterocycles. The van der Waals surface area contributed by atoms with Crippen molar-refractivity contribution in [2.45, 2.75) is 25.8 Å². The molecule has 22 heavy (non-hydrogen) atoms. The van der Waals surface area contributed by atoms with Gasteiger partial charge in [0.2, 0.25) is 5.91 Å². The second-order valence-corrected chi connectivity index (χ2v) is 5.37. The summed E-state index contributed by atoms with van der Waals surface area (Å²) in [4.78, 5) is 36.0. The molecule has 0 radical (unpaired) electrons. The maximum Gasteiger partial charge on any atom is 0.318 e. The molecule has 0 atom stereocenters. The largest absolute Gasteiger partial charge is 0.459 e. The van der Waals surface area contributed by atoms with Gasteiger partial charge in [-0.3, -0.25) is 19.8 Å². The molecule has 0 spiro atoms. The Morgan fingerprint density at radius 2 is 2.05 bits per heavy atom. The highest BCUT2D eigenvalue weighted by molar-refractivity contribution is 5.94. The van der Waals surface area contributed by atoms with Crippen molar-refractivity contribution in [3.05, 3.63) is 23.7 Å². The van der Waals surface area contributed by atoms with E-state index in [0.717, 1.165) is 18.4 Å². The van der Waals surface area contributed by atoms with E-state index in [9.17, 15) is 14.4 Å². The Morgan fingerprint density at radius 1 is 1.36 bits per heavy atom. The second-order valence-electron chi connectivity index (χ2n) is 5.37. The monoisotopic (exact) mass is 308 g/mol. The fourth-order valence-electron chi connectivity index (χ4n) is 2.47. The zero-order valence-corrected chi connectivity index (χ0v) is 12.4. The number of furan rings is 1. The van der Waals surface area contributed by atoms with E-state index in [4.69, 9.17) is 10.2 Å². The van der Waals surface area contributed by atoms with Crippen LogP contribution in [0.3, 0.4) is 0 Å². The molecule has 0 unspecified atom stereocenters. The maximum atomic E-state index is 12.0. The number of rotatable bonds is 4. The number of likely N-dealkylation sites (tertiary alicyclic amines) is 1. The van der Waals surface area contributed by atoms with Gasteiger partial charge in [0.15, 0.2) is 5.76 Å². The van der Waals surface area contributed by atoms with Gasteiger partial charge < -0.3 is 15.5 Å². The van der Waals surface area contributed by atoms with Crippen molar-refractivity contribution in [1.29, 1.82) is 0 Å². The van der Waals surface area contributed by atoms with Crippen molar-refractivity contribution >= 4 is 17.8 Å². The van der Waals surface area contributed by atoms with Crippen LogP contribution >= 0.6 is 0 Å². The first-order valence-corrected chi connectivity index (χ1v) is 7.12. The summed E-state index contributed by atoms with van der Waals surface area (Å²) in [5.74, 6) is -0.295. The third-order valence-electron chi connectivity index (χ3n) is 3.62. The van der Waals surface area contributed by atoms with Gasteiger partial charge in [-0.2, -0.15) is 0 Å². The first kappa shape index (κ1) is 16.0. The number of primary amides is 1. The molecular weight excluding hydrogens is 288 g/mol. The van der Waals surface area contributed by atoms with E-state index < -0.39 is 11.9 Å². The number of amides is 4. The van der Waals surface area contributed by atoms with Gasteiger partial charge in [0.25, 0.3) is 5.91 Å². The van der Waals surface area contributed by atoms with Crippen LogP contribution in [0.4, 0.5) is 4.79 Å². The van der Waals surface area contributed by atoms with Gasteiger partial charge in [0.1, 0.15) is 0 Å². The molecule has 8 heteroatoms. The van der Waals surface area contributed by atoms with Gasteiger partial charge in [0, 0.05) is 24.7 Å². The number of nitrogens with two attached hydrogens (primary N) is 1. The fourth-order valence-corrected chi connectivity index (χ4v) is 2.47. The molecule has 8 nitrogen and oxygen atoms in total. The first-order valence-electron chi connectivity index (χ1n) is 7.12. The highest BCUT2D eigenvalue weighted by atomic mass is 16.3. The van der Waals surface area contributed by atoms with Crippen LogP contribution in [-0.2, 0) is 4.79 Å². The summed E-state index contributed by atoms with van der Waals surface area (Å²) < 4.78 is 5.16. The van der Waals surface area contributed by atoms with Crippen LogP contribution in [0.5, 0.6) is 0 Å². The molecule has 0 aliphatic carbocycles. The van der Waals surface area contributed by atoms with E-state index in [-0.39, 0.29) is 18.5 Å². The number of carbonyl (C=O) groups is 3. The van der Waals surface area contributed by atoms with Crippen molar-refractivity contribution in [3.8, 4) is 0 Å². The summed E-state index contributed by atoms with van der Waals surface area (Å²) in [5, 5.41) is 4.97. The quantitative estimate of drug-likeness (QED) is 0.722. The summed E-state index contributed by atoms with van der Waals surface area (Å²) in [5.41, 5.74) is 5.69. The Labute approximate surface area is 128 Å². The van der Waals surface area contributed by atoms with Crippen LogP contribution < -0.4 is 16.4 Å². The molecule has 1 fully saturated rings. The third-order valence-corrected chi connectivity index (χ3v) is 3.62. The molecule has 4 amide bonds. The molecule has 1 aromatic rings. The number of hydrogen-bond acceptors (Lipinski definition) is 5. The van der Waals surface area contributed by atoms with Gasteiger partial charge in [-0.05, 0) is 25.8 Å². The third kappa shape index (κ3) is 4.32. The van der Waals surface area contributed by atoms with Crippen molar-refractivity contribution in [2.24, 2.45) is 5.73 Å². The molecule has 1 aliphatic rings. The molecule has 4 N–H and O–H groups in total. The minimum absolute atomic E-state index is 0.0486. The molecule has 2 heterocycles. The number of carbonyl (C=O) groups excluding carboxylic acids is 3. The standard InChI is InChI=1S/C14H20N4O4/c1-9-4-7-22-12(9)13(20)16-10-2-5-18(6-3-10)8-11(19)17-14(15)21/h4,7,10H,2-3,5-6,8H2,1H3,(H,16,20)(H3,15,17,19,21). The molecule has 120 valence electrons. The molecule has 2 rings (SSSR count). The number of urea groups is 1.